The van der Waals surface area contributed by atoms with E-state index in [1.807, 2.05) is 79.7 Å². The highest BCUT2D eigenvalue weighted by molar-refractivity contribution is 5.95. The number of nitrogens with zero attached hydrogens (tertiary/aromatic N) is 2. The van der Waals surface area contributed by atoms with Crippen molar-refractivity contribution in [2.45, 2.75) is 13.2 Å². The third-order valence-corrected chi connectivity index (χ3v) is 4.13. The van der Waals surface area contributed by atoms with Gasteiger partial charge in [-0.3, -0.25) is 9.78 Å². The smallest absolute Gasteiger partial charge is 0.251 e. The molecule has 2 aromatic carbocycles. The summed E-state index contributed by atoms with van der Waals surface area (Å²) in [5.74, 6) is 0.697. The lowest BCUT2D eigenvalue weighted by molar-refractivity contribution is 0.0951. The Balaban J connectivity index is 1.52. The Hall–Kier alpha value is -3.34. The van der Waals surface area contributed by atoms with E-state index in [1.165, 1.54) is 0 Å². The van der Waals surface area contributed by atoms with Crippen LogP contribution in [0.3, 0.4) is 0 Å². The molecule has 0 atom stereocenters. The van der Waals surface area contributed by atoms with Crippen LogP contribution in [0.1, 0.15) is 21.5 Å². The maximum absolute atomic E-state index is 12.4. The largest absolute Gasteiger partial charge is 0.489 e. The first-order valence-electron chi connectivity index (χ1n) is 8.78. The van der Waals surface area contributed by atoms with Crippen molar-refractivity contribution in [3.63, 3.8) is 0 Å². The normalized spacial score (nSPS) is 10.3. The number of pyridine rings is 1. The molecule has 0 fully saturated rings. The van der Waals surface area contributed by atoms with Gasteiger partial charge in [0.2, 0.25) is 0 Å². The number of hydrogen-bond donors (Lipinski definition) is 1. The molecule has 5 nitrogen and oxygen atoms in total. The quantitative estimate of drug-likeness (QED) is 0.698. The van der Waals surface area contributed by atoms with Gasteiger partial charge >= 0.3 is 0 Å². The molecule has 0 aliphatic rings. The summed E-state index contributed by atoms with van der Waals surface area (Å²) in [4.78, 5) is 18.4. The topological polar surface area (TPSA) is 54.5 Å². The molecule has 0 spiro atoms. The number of amides is 1. The maximum atomic E-state index is 12.4. The zero-order valence-electron chi connectivity index (χ0n) is 15.6. The van der Waals surface area contributed by atoms with E-state index in [2.05, 4.69) is 10.3 Å². The molecule has 1 aromatic heterocycles. The van der Waals surface area contributed by atoms with Crippen molar-refractivity contribution in [1.82, 2.24) is 10.3 Å². The van der Waals surface area contributed by atoms with Crippen molar-refractivity contribution in [1.29, 1.82) is 0 Å². The number of carbonyl (C=O) groups is 1. The lowest BCUT2D eigenvalue weighted by atomic mass is 10.1. The predicted octanol–water partition coefficient (Wildman–Crippen LogP) is 3.66. The van der Waals surface area contributed by atoms with Gasteiger partial charge in [-0.2, -0.15) is 0 Å². The van der Waals surface area contributed by atoms with E-state index in [0.717, 1.165) is 22.6 Å². The SMILES string of the molecule is CN(C)c1cccc(C(=O)NCc2ccc(OCc3cccnc3)cc2)c1. The number of rotatable bonds is 7. The van der Waals surface area contributed by atoms with E-state index in [4.69, 9.17) is 4.74 Å². The van der Waals surface area contributed by atoms with Gasteiger partial charge in [-0.05, 0) is 42.0 Å². The summed E-state index contributed by atoms with van der Waals surface area (Å²) in [6.07, 6.45) is 3.53. The van der Waals surface area contributed by atoms with Crippen molar-refractivity contribution in [2.75, 3.05) is 19.0 Å². The third kappa shape index (κ3) is 5.31. The average molecular weight is 361 g/mol. The average Bonchev–Trinajstić information content (AvgIpc) is 2.72. The Morgan fingerprint density at radius 1 is 1.04 bits per heavy atom. The van der Waals surface area contributed by atoms with E-state index in [0.29, 0.717) is 18.7 Å². The second-order valence-corrected chi connectivity index (χ2v) is 6.42. The second-order valence-electron chi connectivity index (χ2n) is 6.42. The van der Waals surface area contributed by atoms with Gasteiger partial charge in [-0.1, -0.05) is 24.3 Å². The van der Waals surface area contributed by atoms with Crippen LogP contribution in [0.5, 0.6) is 5.75 Å². The minimum absolute atomic E-state index is 0.0874. The molecule has 0 radical (unpaired) electrons. The standard InChI is InChI=1S/C22H23N3O2/c1-25(2)20-7-3-6-19(13-20)22(26)24-15-17-8-10-21(11-9-17)27-16-18-5-4-12-23-14-18/h3-14H,15-16H2,1-2H3,(H,24,26). The number of benzene rings is 2. The molecular formula is C22H23N3O2. The van der Waals surface area contributed by atoms with Crippen molar-refractivity contribution in [2.24, 2.45) is 0 Å². The molecule has 27 heavy (non-hydrogen) atoms. The Morgan fingerprint density at radius 3 is 2.56 bits per heavy atom. The number of hydrogen-bond acceptors (Lipinski definition) is 4. The summed E-state index contributed by atoms with van der Waals surface area (Å²) in [6.45, 7) is 0.944. The molecule has 3 rings (SSSR count). The first kappa shape index (κ1) is 18.5. The summed E-state index contributed by atoms with van der Waals surface area (Å²) >= 11 is 0. The fraction of sp³-hybridized carbons (Fsp3) is 0.182. The molecule has 5 heteroatoms. The fourth-order valence-electron chi connectivity index (χ4n) is 2.56. The highest BCUT2D eigenvalue weighted by Crippen LogP contribution is 2.15. The van der Waals surface area contributed by atoms with Gasteiger partial charge in [0.05, 0.1) is 0 Å². The zero-order chi connectivity index (χ0) is 19.1. The minimum Gasteiger partial charge on any atom is -0.489 e. The number of nitrogens with one attached hydrogen (secondary N) is 1. The van der Waals surface area contributed by atoms with Gasteiger partial charge in [0.1, 0.15) is 12.4 Å². The van der Waals surface area contributed by atoms with Crippen LogP contribution in [0, 0.1) is 0 Å². The summed E-state index contributed by atoms with van der Waals surface area (Å²) in [7, 11) is 3.91. The highest BCUT2D eigenvalue weighted by atomic mass is 16.5. The van der Waals surface area contributed by atoms with E-state index in [9.17, 15) is 4.79 Å². The molecule has 0 aliphatic heterocycles. The van der Waals surface area contributed by atoms with Crippen LogP contribution < -0.4 is 15.0 Å². The van der Waals surface area contributed by atoms with E-state index < -0.39 is 0 Å². The lowest BCUT2D eigenvalue weighted by Crippen LogP contribution is -2.23. The number of ether oxygens (including phenoxy) is 1. The Bertz CT molecular complexity index is 878. The van der Waals surface area contributed by atoms with Crippen LogP contribution in [0.25, 0.3) is 0 Å². The van der Waals surface area contributed by atoms with Crippen LogP contribution >= 0.6 is 0 Å². The van der Waals surface area contributed by atoms with Gasteiger partial charge in [0.15, 0.2) is 0 Å². The zero-order valence-corrected chi connectivity index (χ0v) is 15.6. The van der Waals surface area contributed by atoms with Gasteiger partial charge in [-0.25, -0.2) is 0 Å². The van der Waals surface area contributed by atoms with E-state index in [1.54, 1.807) is 12.4 Å². The molecule has 138 valence electrons. The molecule has 0 bridgehead atoms. The molecule has 1 amide bonds. The van der Waals surface area contributed by atoms with Gasteiger partial charge < -0.3 is 15.0 Å². The van der Waals surface area contributed by atoms with Crippen molar-refractivity contribution in [3.05, 3.63) is 89.7 Å². The molecule has 1 heterocycles. The maximum Gasteiger partial charge on any atom is 0.251 e. The van der Waals surface area contributed by atoms with Crippen LogP contribution in [-0.2, 0) is 13.2 Å². The lowest BCUT2D eigenvalue weighted by Gasteiger charge is -2.13. The first-order valence-corrected chi connectivity index (χ1v) is 8.78. The summed E-state index contributed by atoms with van der Waals surface area (Å²) in [5, 5.41) is 2.95. The Morgan fingerprint density at radius 2 is 1.85 bits per heavy atom. The third-order valence-electron chi connectivity index (χ3n) is 4.13. The molecule has 0 saturated carbocycles. The summed E-state index contributed by atoms with van der Waals surface area (Å²) < 4.78 is 5.75. The number of anilines is 1. The van der Waals surface area contributed by atoms with Crippen LogP contribution in [0.2, 0.25) is 0 Å². The molecule has 3 aromatic rings. The van der Waals surface area contributed by atoms with Crippen LogP contribution in [0.15, 0.2) is 73.1 Å². The van der Waals surface area contributed by atoms with E-state index in [-0.39, 0.29) is 5.91 Å². The van der Waals surface area contributed by atoms with Crippen LogP contribution in [0.4, 0.5) is 5.69 Å². The monoisotopic (exact) mass is 361 g/mol. The van der Waals surface area contributed by atoms with Crippen molar-refractivity contribution >= 4 is 11.6 Å². The van der Waals surface area contributed by atoms with Crippen molar-refractivity contribution < 1.29 is 9.53 Å². The second kappa shape index (κ2) is 8.85. The Kier molecular flexibility index (Phi) is 6.05. The molecule has 0 unspecified atom stereocenters. The minimum atomic E-state index is -0.0874. The van der Waals surface area contributed by atoms with Gasteiger partial charge in [-0.15, -0.1) is 0 Å². The molecule has 1 N–H and O–H groups in total. The van der Waals surface area contributed by atoms with Crippen LogP contribution in [-0.4, -0.2) is 25.0 Å². The highest BCUT2D eigenvalue weighted by Gasteiger charge is 2.07. The first-order chi connectivity index (χ1) is 13.1. The molecular weight excluding hydrogens is 338 g/mol. The van der Waals surface area contributed by atoms with Gasteiger partial charge in [0.25, 0.3) is 5.91 Å². The number of aromatic nitrogens is 1. The van der Waals surface area contributed by atoms with Crippen molar-refractivity contribution in [3.8, 4) is 5.75 Å². The summed E-state index contributed by atoms with van der Waals surface area (Å²) in [6, 6.07) is 19.1. The molecule has 0 saturated heterocycles. The summed E-state index contributed by atoms with van der Waals surface area (Å²) in [5.41, 5.74) is 3.69. The fourth-order valence-corrected chi connectivity index (χ4v) is 2.56. The van der Waals surface area contributed by atoms with E-state index >= 15 is 0 Å². The van der Waals surface area contributed by atoms with Gasteiger partial charge in [0, 0.05) is 49.8 Å². The molecule has 0 aliphatic carbocycles. The number of carbonyl (C=O) groups excluding carboxylic acids is 1. The predicted molar refractivity (Wildman–Crippen MR) is 107 cm³/mol. The Labute approximate surface area is 159 Å².